The molecule has 0 spiro atoms. The number of hydrogen-bond donors (Lipinski definition) is 0. The van der Waals surface area contributed by atoms with Gasteiger partial charge >= 0.3 is 0 Å². The number of hydrogen-bond acceptors (Lipinski definition) is 3. The van der Waals surface area contributed by atoms with E-state index in [0.29, 0.717) is 4.21 Å². The maximum Gasteiger partial charge on any atom is 0.178 e. The van der Waals surface area contributed by atoms with Crippen molar-refractivity contribution in [3.63, 3.8) is 0 Å². The molecule has 1 unspecified atom stereocenters. The van der Waals surface area contributed by atoms with E-state index >= 15 is 0 Å². The number of thiophene rings is 1. The average Bonchev–Trinajstić information content (AvgIpc) is 2.85. The molecule has 2 nitrogen and oxygen atoms in total. The third-order valence-electron chi connectivity index (χ3n) is 2.21. The minimum absolute atomic E-state index is 0.346. The van der Waals surface area contributed by atoms with Crippen LogP contribution in [0.25, 0.3) is 0 Å². The van der Waals surface area contributed by atoms with Crippen molar-refractivity contribution in [2.75, 3.05) is 5.75 Å². The van der Waals surface area contributed by atoms with Crippen LogP contribution in [0.15, 0.2) is 39.9 Å². The van der Waals surface area contributed by atoms with Gasteiger partial charge in [-0.15, -0.1) is 11.3 Å². The Labute approximate surface area is 109 Å². The minimum atomic E-state index is -1.52. The molecule has 94 valence electrons. The van der Waals surface area contributed by atoms with Gasteiger partial charge in [0.1, 0.15) is 11.6 Å². The quantitative estimate of drug-likeness (QED) is 0.810. The molecule has 2 rings (SSSR count). The molecule has 1 atom stereocenters. The molecule has 0 saturated carbocycles. The van der Waals surface area contributed by atoms with Crippen LogP contribution in [0.2, 0.25) is 0 Å². The van der Waals surface area contributed by atoms with Crippen molar-refractivity contribution in [2.24, 2.45) is 0 Å². The summed E-state index contributed by atoms with van der Waals surface area (Å²) in [5, 5.41) is 1.74. The molecule has 1 aromatic heterocycles. The zero-order valence-electron chi connectivity index (χ0n) is 9.06. The summed E-state index contributed by atoms with van der Waals surface area (Å²) in [6.07, 6.45) is 0. The highest BCUT2D eigenvalue weighted by atomic mass is 32.2. The molecule has 0 aliphatic rings. The molecular formula is C12H8F2O2S2. The van der Waals surface area contributed by atoms with E-state index in [1.165, 1.54) is 11.3 Å². The fourth-order valence-electron chi connectivity index (χ4n) is 1.37. The lowest BCUT2D eigenvalue weighted by molar-refractivity contribution is 0.101. The number of carbonyl (C=O) groups excluding carboxylic acids is 1. The topological polar surface area (TPSA) is 34.1 Å². The second-order valence-electron chi connectivity index (χ2n) is 3.47. The summed E-state index contributed by atoms with van der Waals surface area (Å²) in [7, 11) is -1.52. The van der Waals surface area contributed by atoms with Crippen molar-refractivity contribution in [2.45, 2.75) is 4.21 Å². The Balaban J connectivity index is 2.17. The monoisotopic (exact) mass is 286 g/mol. The summed E-state index contributed by atoms with van der Waals surface area (Å²) < 4.78 is 38.6. The number of ketones is 1. The fourth-order valence-corrected chi connectivity index (χ4v) is 3.36. The summed E-state index contributed by atoms with van der Waals surface area (Å²) in [6, 6.07) is 5.99. The van der Waals surface area contributed by atoms with Crippen molar-refractivity contribution in [1.29, 1.82) is 0 Å². The Morgan fingerprint density at radius 2 is 2.06 bits per heavy atom. The first-order valence-corrected chi connectivity index (χ1v) is 7.18. The third-order valence-corrected chi connectivity index (χ3v) is 4.83. The highest BCUT2D eigenvalue weighted by molar-refractivity contribution is 7.88. The van der Waals surface area contributed by atoms with Crippen molar-refractivity contribution < 1.29 is 17.8 Å². The van der Waals surface area contributed by atoms with Crippen LogP contribution < -0.4 is 0 Å². The average molecular weight is 286 g/mol. The predicted molar refractivity (Wildman–Crippen MR) is 66.3 cm³/mol. The predicted octanol–water partition coefficient (Wildman–Crippen LogP) is 3.02. The van der Waals surface area contributed by atoms with Gasteiger partial charge in [-0.3, -0.25) is 9.00 Å². The van der Waals surface area contributed by atoms with E-state index < -0.39 is 28.2 Å². The van der Waals surface area contributed by atoms with E-state index in [1.54, 1.807) is 17.5 Å². The van der Waals surface area contributed by atoms with E-state index in [-0.39, 0.29) is 11.3 Å². The Morgan fingerprint density at radius 1 is 1.28 bits per heavy atom. The van der Waals surface area contributed by atoms with Crippen LogP contribution in [-0.2, 0) is 10.8 Å². The Hall–Kier alpha value is -1.40. The zero-order valence-corrected chi connectivity index (χ0v) is 10.7. The summed E-state index contributed by atoms with van der Waals surface area (Å²) in [6.45, 7) is 0. The first kappa shape index (κ1) is 13.0. The molecule has 0 N–H and O–H groups in total. The van der Waals surface area contributed by atoms with Crippen LogP contribution >= 0.6 is 11.3 Å². The molecule has 1 aromatic carbocycles. The van der Waals surface area contributed by atoms with Crippen LogP contribution in [0.3, 0.4) is 0 Å². The van der Waals surface area contributed by atoms with Crippen molar-refractivity contribution >= 4 is 27.9 Å². The molecule has 0 bridgehead atoms. The largest absolute Gasteiger partial charge is 0.293 e. The van der Waals surface area contributed by atoms with Gasteiger partial charge in [0, 0.05) is 0 Å². The smallest absolute Gasteiger partial charge is 0.178 e. The number of rotatable bonds is 4. The molecule has 0 aliphatic carbocycles. The third kappa shape index (κ3) is 2.88. The molecule has 0 radical (unpaired) electrons. The number of carbonyl (C=O) groups is 1. The van der Waals surface area contributed by atoms with Gasteiger partial charge in [0.25, 0.3) is 0 Å². The normalized spacial score (nSPS) is 12.3. The number of halogens is 2. The maximum absolute atomic E-state index is 13.3. The van der Waals surface area contributed by atoms with E-state index in [0.717, 1.165) is 18.2 Å². The molecular weight excluding hydrogens is 278 g/mol. The Morgan fingerprint density at radius 3 is 2.72 bits per heavy atom. The van der Waals surface area contributed by atoms with Gasteiger partial charge in [-0.2, -0.15) is 0 Å². The first-order chi connectivity index (χ1) is 8.58. The van der Waals surface area contributed by atoms with Crippen molar-refractivity contribution in [3.8, 4) is 0 Å². The van der Waals surface area contributed by atoms with Gasteiger partial charge in [-0.05, 0) is 29.6 Å². The highest BCUT2D eigenvalue weighted by Gasteiger charge is 2.17. The number of Topliss-reactive ketones (excluding diaryl/α,β-unsaturated/α-hetero) is 1. The van der Waals surface area contributed by atoms with Gasteiger partial charge in [-0.1, -0.05) is 6.07 Å². The van der Waals surface area contributed by atoms with Gasteiger partial charge in [-0.25, -0.2) is 8.78 Å². The SMILES string of the molecule is O=C(CS(=O)c1cccs1)c1cc(F)ccc1F. The van der Waals surface area contributed by atoms with Gasteiger partial charge < -0.3 is 0 Å². The van der Waals surface area contributed by atoms with Crippen molar-refractivity contribution in [3.05, 3.63) is 52.9 Å². The zero-order chi connectivity index (χ0) is 13.1. The molecule has 0 fully saturated rings. The van der Waals surface area contributed by atoms with Gasteiger partial charge in [0.15, 0.2) is 5.78 Å². The molecule has 2 aromatic rings. The maximum atomic E-state index is 13.3. The van der Waals surface area contributed by atoms with Crippen LogP contribution in [0.1, 0.15) is 10.4 Å². The molecule has 18 heavy (non-hydrogen) atoms. The summed E-state index contributed by atoms with van der Waals surface area (Å²) in [4.78, 5) is 11.7. The van der Waals surface area contributed by atoms with E-state index in [1.807, 2.05) is 0 Å². The lowest BCUT2D eigenvalue weighted by Crippen LogP contribution is -2.12. The summed E-state index contributed by atoms with van der Waals surface area (Å²) in [5.74, 6) is -2.51. The highest BCUT2D eigenvalue weighted by Crippen LogP contribution is 2.16. The standard InChI is InChI=1S/C12H8F2O2S2/c13-8-3-4-10(14)9(6-8)11(15)7-18(16)12-2-1-5-17-12/h1-6H,7H2. The Bertz CT molecular complexity index is 594. The van der Waals surface area contributed by atoms with E-state index in [4.69, 9.17) is 0 Å². The lowest BCUT2D eigenvalue weighted by Gasteiger charge is -2.02. The second-order valence-corrected chi connectivity index (χ2v) is 6.09. The Kier molecular flexibility index (Phi) is 3.98. The lowest BCUT2D eigenvalue weighted by atomic mass is 10.1. The second kappa shape index (κ2) is 5.49. The summed E-state index contributed by atoms with van der Waals surface area (Å²) >= 11 is 1.26. The van der Waals surface area contributed by atoms with Crippen LogP contribution in [0.4, 0.5) is 8.78 Å². The van der Waals surface area contributed by atoms with E-state index in [2.05, 4.69) is 0 Å². The van der Waals surface area contributed by atoms with Crippen LogP contribution in [0.5, 0.6) is 0 Å². The summed E-state index contributed by atoms with van der Waals surface area (Å²) in [5.41, 5.74) is -0.361. The molecule has 0 saturated heterocycles. The molecule has 0 aliphatic heterocycles. The fraction of sp³-hybridized carbons (Fsp3) is 0.0833. The van der Waals surface area contributed by atoms with Crippen molar-refractivity contribution in [1.82, 2.24) is 0 Å². The van der Waals surface area contributed by atoms with Crippen LogP contribution in [0, 0.1) is 11.6 Å². The van der Waals surface area contributed by atoms with Crippen LogP contribution in [-0.4, -0.2) is 15.7 Å². The van der Waals surface area contributed by atoms with E-state index in [9.17, 15) is 17.8 Å². The van der Waals surface area contributed by atoms with Gasteiger partial charge in [0.2, 0.25) is 0 Å². The molecule has 0 amide bonds. The molecule has 1 heterocycles. The minimum Gasteiger partial charge on any atom is -0.293 e. The first-order valence-electron chi connectivity index (χ1n) is 4.98. The van der Waals surface area contributed by atoms with Gasteiger partial charge in [0.05, 0.1) is 26.3 Å². The number of benzene rings is 1. The molecule has 6 heteroatoms.